The van der Waals surface area contributed by atoms with Crippen molar-refractivity contribution < 1.29 is 13.5 Å². The fraction of sp³-hybridized carbons (Fsp3) is 0.500. The summed E-state index contributed by atoms with van der Waals surface area (Å²) in [7, 11) is 0. The van der Waals surface area contributed by atoms with E-state index >= 15 is 0 Å². The smallest absolute Gasteiger partial charge is 0.387 e. The predicted octanol–water partition coefficient (Wildman–Crippen LogP) is 3.67. The summed E-state index contributed by atoms with van der Waals surface area (Å²) < 4.78 is 29.4. The van der Waals surface area contributed by atoms with Gasteiger partial charge in [-0.1, -0.05) is 36.3 Å². The normalized spacial score (nSPS) is 25.4. The summed E-state index contributed by atoms with van der Waals surface area (Å²) in [6, 6.07) is 8.10. The molecule has 1 aromatic carbocycles. The number of nitrogens with one attached hydrogen (secondary N) is 1. The van der Waals surface area contributed by atoms with Gasteiger partial charge < -0.3 is 10.1 Å². The van der Waals surface area contributed by atoms with Gasteiger partial charge in [0.25, 0.3) is 0 Å². The van der Waals surface area contributed by atoms with Gasteiger partial charge in [0.15, 0.2) is 0 Å². The molecule has 1 fully saturated rings. The van der Waals surface area contributed by atoms with E-state index in [9.17, 15) is 8.78 Å². The molecule has 1 N–H and O–H groups in total. The molecule has 2 nitrogen and oxygen atoms in total. The van der Waals surface area contributed by atoms with Crippen LogP contribution in [0.3, 0.4) is 0 Å². The molecule has 1 saturated heterocycles. The van der Waals surface area contributed by atoms with Gasteiger partial charge in [-0.2, -0.15) is 8.78 Å². The quantitative estimate of drug-likeness (QED) is 0.849. The molecule has 0 amide bonds. The van der Waals surface area contributed by atoms with Gasteiger partial charge in [-0.05, 0) is 37.3 Å². The lowest BCUT2D eigenvalue weighted by atomic mass is 9.85. The predicted molar refractivity (Wildman–Crippen MR) is 74.0 cm³/mol. The fourth-order valence-corrected chi connectivity index (χ4v) is 3.25. The molecule has 20 heavy (non-hydrogen) atoms. The van der Waals surface area contributed by atoms with Crippen molar-refractivity contribution in [1.29, 1.82) is 0 Å². The maximum Gasteiger partial charge on any atom is 0.387 e. The second kappa shape index (κ2) is 5.92. The highest BCUT2D eigenvalue weighted by atomic mass is 19.3. The first kappa shape index (κ1) is 13.6. The lowest BCUT2D eigenvalue weighted by Gasteiger charge is -2.35. The van der Waals surface area contributed by atoms with E-state index in [0.29, 0.717) is 24.3 Å². The van der Waals surface area contributed by atoms with Gasteiger partial charge in [0.05, 0.1) is 0 Å². The van der Waals surface area contributed by atoms with Crippen molar-refractivity contribution in [2.75, 3.05) is 0 Å². The Labute approximate surface area is 117 Å². The molecule has 0 aliphatic carbocycles. The zero-order valence-electron chi connectivity index (χ0n) is 11.3. The van der Waals surface area contributed by atoms with Crippen LogP contribution in [-0.2, 0) is 6.42 Å². The van der Waals surface area contributed by atoms with Gasteiger partial charge >= 0.3 is 6.61 Å². The van der Waals surface area contributed by atoms with Crippen LogP contribution < -0.4 is 10.1 Å². The zero-order valence-corrected chi connectivity index (χ0v) is 11.3. The average Bonchev–Trinajstić information content (AvgIpc) is 2.40. The average molecular weight is 279 g/mol. The van der Waals surface area contributed by atoms with E-state index in [0.717, 1.165) is 12.0 Å². The third-order valence-corrected chi connectivity index (χ3v) is 4.07. The summed E-state index contributed by atoms with van der Waals surface area (Å²) in [6.45, 7) is -2.77. The van der Waals surface area contributed by atoms with E-state index in [4.69, 9.17) is 0 Å². The summed E-state index contributed by atoms with van der Waals surface area (Å²) in [5, 5.41) is 3.59. The van der Waals surface area contributed by atoms with Crippen LogP contribution in [0.5, 0.6) is 5.75 Å². The molecule has 2 unspecified atom stereocenters. The first-order valence-corrected chi connectivity index (χ1v) is 7.19. The van der Waals surface area contributed by atoms with Crippen LogP contribution in [-0.4, -0.2) is 18.7 Å². The number of fused-ring (bicyclic) bond motifs is 2. The van der Waals surface area contributed by atoms with Crippen LogP contribution in [0.4, 0.5) is 8.78 Å². The maximum atomic E-state index is 12.4. The third kappa shape index (κ3) is 3.18. The van der Waals surface area contributed by atoms with Crippen molar-refractivity contribution in [3.8, 4) is 5.75 Å². The highest BCUT2D eigenvalue weighted by Crippen LogP contribution is 2.30. The van der Waals surface area contributed by atoms with Crippen molar-refractivity contribution in [2.24, 2.45) is 0 Å². The second-order valence-electron chi connectivity index (χ2n) is 5.59. The Balaban J connectivity index is 1.76. The molecule has 0 saturated carbocycles. The Kier molecular flexibility index (Phi) is 4.01. The number of benzene rings is 1. The largest absolute Gasteiger partial charge is 0.435 e. The minimum atomic E-state index is -2.77. The first-order valence-electron chi connectivity index (χ1n) is 7.19. The van der Waals surface area contributed by atoms with E-state index in [-0.39, 0.29) is 0 Å². The lowest BCUT2D eigenvalue weighted by molar-refractivity contribution is -0.0504. The number of para-hydroxylation sites is 1. The lowest BCUT2D eigenvalue weighted by Crippen LogP contribution is -2.44. The monoisotopic (exact) mass is 279 g/mol. The summed E-state index contributed by atoms with van der Waals surface area (Å²) in [4.78, 5) is 0. The number of piperidine rings is 1. The van der Waals surface area contributed by atoms with E-state index in [2.05, 4.69) is 16.1 Å². The van der Waals surface area contributed by atoms with E-state index < -0.39 is 6.61 Å². The topological polar surface area (TPSA) is 21.3 Å². The molecule has 0 spiro atoms. The van der Waals surface area contributed by atoms with Crippen molar-refractivity contribution in [3.63, 3.8) is 0 Å². The number of hydrogen-bond donors (Lipinski definition) is 1. The standard InChI is InChI=1S/C16H19F2NO/c17-16(18)20-15-7-2-1-4-12(15)8-11-9-13-5-3-6-14(10-11)19-13/h1-2,4,7,9,13-14,16,19H,3,5-6,8,10H2. The van der Waals surface area contributed by atoms with E-state index in [1.54, 1.807) is 12.1 Å². The molecule has 2 bridgehead atoms. The van der Waals surface area contributed by atoms with Gasteiger partial charge in [-0.15, -0.1) is 0 Å². The third-order valence-electron chi connectivity index (χ3n) is 4.07. The highest BCUT2D eigenvalue weighted by molar-refractivity contribution is 5.37. The van der Waals surface area contributed by atoms with Gasteiger partial charge in [-0.25, -0.2) is 0 Å². The van der Waals surface area contributed by atoms with E-state index in [1.165, 1.54) is 24.8 Å². The number of alkyl halides is 2. The molecular weight excluding hydrogens is 260 g/mol. The van der Waals surface area contributed by atoms with Crippen molar-refractivity contribution in [3.05, 3.63) is 41.5 Å². The van der Waals surface area contributed by atoms with Gasteiger partial charge in [0.2, 0.25) is 0 Å². The summed E-state index contributed by atoms with van der Waals surface area (Å²) >= 11 is 0. The van der Waals surface area contributed by atoms with Crippen LogP contribution in [0.15, 0.2) is 35.9 Å². The Bertz CT molecular complexity index is 501. The molecule has 2 aliphatic rings. The molecule has 0 aromatic heterocycles. The first-order chi connectivity index (χ1) is 9.70. The fourth-order valence-electron chi connectivity index (χ4n) is 3.25. The Morgan fingerprint density at radius 2 is 2.10 bits per heavy atom. The SMILES string of the molecule is FC(F)Oc1ccccc1CC1=CC2CCCC(C1)N2. The molecule has 3 rings (SSSR count). The minimum absolute atomic E-state index is 0.298. The molecule has 4 heteroatoms. The van der Waals surface area contributed by atoms with Crippen molar-refractivity contribution in [1.82, 2.24) is 5.32 Å². The van der Waals surface area contributed by atoms with Crippen molar-refractivity contribution in [2.45, 2.75) is 50.8 Å². The Morgan fingerprint density at radius 1 is 1.25 bits per heavy atom. The number of halogens is 2. The summed E-state index contributed by atoms with van der Waals surface area (Å²) in [5.74, 6) is 0.298. The molecule has 2 heterocycles. The van der Waals surface area contributed by atoms with Gasteiger partial charge in [0.1, 0.15) is 5.75 Å². The minimum Gasteiger partial charge on any atom is -0.435 e. The highest BCUT2D eigenvalue weighted by Gasteiger charge is 2.25. The van der Waals surface area contributed by atoms with Crippen LogP contribution in [0, 0.1) is 0 Å². The molecular formula is C16H19F2NO. The summed E-state index contributed by atoms with van der Waals surface area (Å²) in [5.41, 5.74) is 2.18. The molecule has 0 radical (unpaired) electrons. The van der Waals surface area contributed by atoms with E-state index in [1.807, 2.05) is 12.1 Å². The van der Waals surface area contributed by atoms with Crippen LogP contribution in [0.25, 0.3) is 0 Å². The number of ether oxygens (including phenoxy) is 1. The Hall–Kier alpha value is -1.42. The summed E-state index contributed by atoms with van der Waals surface area (Å²) in [6.07, 6.45) is 7.65. The maximum absolute atomic E-state index is 12.4. The van der Waals surface area contributed by atoms with Crippen LogP contribution in [0.2, 0.25) is 0 Å². The van der Waals surface area contributed by atoms with Crippen LogP contribution in [0.1, 0.15) is 31.2 Å². The molecule has 1 aromatic rings. The second-order valence-corrected chi connectivity index (χ2v) is 5.59. The number of hydrogen-bond acceptors (Lipinski definition) is 2. The molecule has 108 valence electrons. The number of rotatable bonds is 4. The zero-order chi connectivity index (χ0) is 13.9. The molecule has 2 atom stereocenters. The Morgan fingerprint density at radius 3 is 2.90 bits per heavy atom. The van der Waals surface area contributed by atoms with Crippen LogP contribution >= 0.6 is 0 Å². The van der Waals surface area contributed by atoms with Crippen molar-refractivity contribution >= 4 is 0 Å². The van der Waals surface area contributed by atoms with Gasteiger partial charge in [-0.3, -0.25) is 0 Å². The molecule has 2 aliphatic heterocycles. The van der Waals surface area contributed by atoms with Gasteiger partial charge in [0, 0.05) is 12.1 Å².